The summed E-state index contributed by atoms with van der Waals surface area (Å²) in [5.41, 5.74) is 9.65. The van der Waals surface area contributed by atoms with Gasteiger partial charge in [0.1, 0.15) is 0 Å². The molecule has 0 saturated carbocycles. The minimum atomic E-state index is -1.17. The van der Waals surface area contributed by atoms with Crippen LogP contribution in [0, 0.1) is 0 Å². The Morgan fingerprint density at radius 3 is 2.24 bits per heavy atom. The molecule has 0 spiro atoms. The number of nitrogens with two attached hydrogens (primary N) is 1. The van der Waals surface area contributed by atoms with Crippen LogP contribution in [0.3, 0.4) is 0 Å². The normalized spacial score (nSPS) is 18.8. The molecule has 0 radical (unpaired) electrons. The zero-order chi connectivity index (χ0) is 20.4. The standard InChI is InChI=1S/C24H23N3O2/c1-27-22(28)24(26-23(27)25,20-8-4-3-5-9-20)21-10-6-7-19(15-21)18-13-11-17(12-14-18)16-29-2/h3-15H,16H2,1-2H3,(H2,25,26). The van der Waals surface area contributed by atoms with Crippen LogP contribution in [0.25, 0.3) is 11.1 Å². The van der Waals surface area contributed by atoms with Gasteiger partial charge in [0.15, 0.2) is 11.5 Å². The zero-order valence-corrected chi connectivity index (χ0v) is 16.5. The number of methoxy groups -OCH3 is 1. The largest absolute Gasteiger partial charge is 0.380 e. The SMILES string of the molecule is COCc1ccc(-c2cccc(C3(c4ccccc4)N=C(N)N(C)C3=O)c2)cc1. The fraction of sp³-hybridized carbons (Fsp3) is 0.167. The van der Waals surface area contributed by atoms with Crippen LogP contribution in [0.1, 0.15) is 16.7 Å². The number of ether oxygens (including phenoxy) is 1. The minimum absolute atomic E-state index is 0.159. The van der Waals surface area contributed by atoms with Gasteiger partial charge in [0.2, 0.25) is 0 Å². The average Bonchev–Trinajstić information content (AvgIpc) is 3.00. The molecule has 1 atom stereocenters. The van der Waals surface area contributed by atoms with Crippen molar-refractivity contribution < 1.29 is 9.53 Å². The van der Waals surface area contributed by atoms with Crippen molar-refractivity contribution >= 4 is 11.9 Å². The molecule has 1 aliphatic heterocycles. The molecule has 1 amide bonds. The minimum Gasteiger partial charge on any atom is -0.380 e. The number of amides is 1. The van der Waals surface area contributed by atoms with E-state index in [4.69, 9.17) is 10.5 Å². The first-order valence-electron chi connectivity index (χ1n) is 9.44. The molecule has 0 aliphatic carbocycles. The predicted molar refractivity (Wildman–Crippen MR) is 114 cm³/mol. The van der Waals surface area contributed by atoms with Crippen molar-refractivity contribution in [3.63, 3.8) is 0 Å². The van der Waals surface area contributed by atoms with Crippen LogP contribution in [0.5, 0.6) is 0 Å². The quantitative estimate of drug-likeness (QED) is 0.731. The summed E-state index contributed by atoms with van der Waals surface area (Å²) < 4.78 is 5.19. The molecule has 1 heterocycles. The fourth-order valence-electron chi connectivity index (χ4n) is 3.75. The monoisotopic (exact) mass is 385 g/mol. The Kier molecular flexibility index (Phi) is 4.91. The second-order valence-corrected chi connectivity index (χ2v) is 7.12. The Labute approximate surface area is 170 Å². The smallest absolute Gasteiger partial charge is 0.266 e. The average molecular weight is 385 g/mol. The zero-order valence-electron chi connectivity index (χ0n) is 16.5. The predicted octanol–water partition coefficient (Wildman–Crippen LogP) is 3.53. The first-order chi connectivity index (χ1) is 14.1. The topological polar surface area (TPSA) is 67.9 Å². The molecule has 1 unspecified atom stereocenters. The first-order valence-corrected chi connectivity index (χ1v) is 9.44. The summed E-state index contributed by atoms with van der Waals surface area (Å²) in [6, 6.07) is 25.7. The Hall–Kier alpha value is -3.44. The van der Waals surface area contributed by atoms with Crippen LogP contribution in [-0.4, -0.2) is 30.9 Å². The van der Waals surface area contributed by atoms with E-state index in [-0.39, 0.29) is 11.9 Å². The van der Waals surface area contributed by atoms with Crippen molar-refractivity contribution in [1.82, 2.24) is 4.90 Å². The van der Waals surface area contributed by atoms with Gasteiger partial charge in [0.05, 0.1) is 6.61 Å². The third-order valence-corrected chi connectivity index (χ3v) is 5.31. The molecule has 2 N–H and O–H groups in total. The van der Waals surface area contributed by atoms with Gasteiger partial charge in [-0.2, -0.15) is 0 Å². The van der Waals surface area contributed by atoms with Crippen LogP contribution in [0.15, 0.2) is 83.9 Å². The number of carbonyl (C=O) groups excluding carboxylic acids is 1. The molecule has 1 aliphatic rings. The highest BCUT2D eigenvalue weighted by molar-refractivity contribution is 6.09. The van der Waals surface area contributed by atoms with Gasteiger partial charge in [-0.3, -0.25) is 9.69 Å². The maximum Gasteiger partial charge on any atom is 0.266 e. The molecular formula is C24H23N3O2. The number of hydrogen-bond donors (Lipinski definition) is 1. The fourth-order valence-corrected chi connectivity index (χ4v) is 3.75. The van der Waals surface area contributed by atoms with E-state index >= 15 is 0 Å². The van der Waals surface area contributed by atoms with Crippen molar-refractivity contribution in [1.29, 1.82) is 0 Å². The molecule has 5 heteroatoms. The summed E-state index contributed by atoms with van der Waals surface area (Å²) in [7, 11) is 3.34. The van der Waals surface area contributed by atoms with E-state index < -0.39 is 5.54 Å². The maximum absolute atomic E-state index is 13.3. The third-order valence-electron chi connectivity index (χ3n) is 5.31. The summed E-state index contributed by atoms with van der Waals surface area (Å²) in [4.78, 5) is 19.4. The summed E-state index contributed by atoms with van der Waals surface area (Å²) in [5, 5.41) is 0. The van der Waals surface area contributed by atoms with Gasteiger partial charge >= 0.3 is 0 Å². The van der Waals surface area contributed by atoms with Crippen molar-refractivity contribution in [2.45, 2.75) is 12.1 Å². The highest BCUT2D eigenvalue weighted by atomic mass is 16.5. The second-order valence-electron chi connectivity index (χ2n) is 7.12. The number of hydrogen-bond acceptors (Lipinski definition) is 4. The van der Waals surface area contributed by atoms with E-state index in [1.165, 1.54) is 4.90 Å². The lowest BCUT2D eigenvalue weighted by Crippen LogP contribution is -2.41. The number of guanidine groups is 1. The number of aliphatic imine (C=N–C) groups is 1. The van der Waals surface area contributed by atoms with E-state index in [2.05, 4.69) is 17.1 Å². The number of nitrogens with zero attached hydrogens (tertiary/aromatic N) is 2. The van der Waals surface area contributed by atoms with Gasteiger partial charge in [-0.1, -0.05) is 72.8 Å². The summed E-state index contributed by atoms with van der Waals surface area (Å²) in [6.45, 7) is 0.576. The lowest BCUT2D eigenvalue weighted by atomic mass is 9.82. The Bertz CT molecular complexity index is 1060. The Balaban J connectivity index is 1.83. The highest BCUT2D eigenvalue weighted by Crippen LogP contribution is 2.40. The van der Waals surface area contributed by atoms with Crippen LogP contribution < -0.4 is 5.73 Å². The van der Waals surface area contributed by atoms with Crippen molar-refractivity contribution in [2.24, 2.45) is 10.7 Å². The van der Waals surface area contributed by atoms with Crippen LogP contribution >= 0.6 is 0 Å². The van der Waals surface area contributed by atoms with Crippen LogP contribution in [-0.2, 0) is 21.7 Å². The molecule has 5 nitrogen and oxygen atoms in total. The number of likely N-dealkylation sites (N-methyl/N-ethyl adjacent to an activating group) is 1. The number of carbonyl (C=O) groups is 1. The first kappa shape index (κ1) is 18.9. The summed E-state index contributed by atoms with van der Waals surface area (Å²) in [6.07, 6.45) is 0. The Morgan fingerprint density at radius 1 is 0.931 bits per heavy atom. The van der Waals surface area contributed by atoms with Gasteiger partial charge in [-0.25, -0.2) is 4.99 Å². The van der Waals surface area contributed by atoms with Crippen LogP contribution in [0.4, 0.5) is 0 Å². The van der Waals surface area contributed by atoms with Gasteiger partial charge in [0, 0.05) is 14.2 Å². The van der Waals surface area contributed by atoms with Crippen molar-refractivity contribution in [3.05, 3.63) is 95.6 Å². The molecule has 146 valence electrons. The Morgan fingerprint density at radius 2 is 1.62 bits per heavy atom. The number of benzene rings is 3. The third kappa shape index (κ3) is 3.19. The highest BCUT2D eigenvalue weighted by Gasteiger charge is 2.49. The van der Waals surface area contributed by atoms with Crippen molar-refractivity contribution in [3.8, 4) is 11.1 Å². The van der Waals surface area contributed by atoms with Crippen LogP contribution in [0.2, 0.25) is 0 Å². The molecule has 4 rings (SSSR count). The summed E-state index contributed by atoms with van der Waals surface area (Å²) in [5.74, 6) is 0.0574. The molecule has 3 aromatic rings. The molecule has 0 fully saturated rings. The van der Waals surface area contributed by atoms with Gasteiger partial charge in [0.25, 0.3) is 5.91 Å². The second kappa shape index (κ2) is 7.53. The molecule has 29 heavy (non-hydrogen) atoms. The lowest BCUT2D eigenvalue weighted by molar-refractivity contribution is -0.129. The van der Waals surface area contributed by atoms with Gasteiger partial charge in [-0.15, -0.1) is 0 Å². The van der Waals surface area contributed by atoms with Gasteiger partial charge < -0.3 is 10.5 Å². The molecule has 0 bridgehead atoms. The van der Waals surface area contributed by atoms with Crippen molar-refractivity contribution in [2.75, 3.05) is 14.2 Å². The lowest BCUT2D eigenvalue weighted by Gasteiger charge is -2.26. The van der Waals surface area contributed by atoms with E-state index in [0.717, 1.165) is 27.8 Å². The number of rotatable bonds is 5. The van der Waals surface area contributed by atoms with E-state index in [1.54, 1.807) is 14.2 Å². The van der Waals surface area contributed by atoms with E-state index in [0.29, 0.717) is 6.61 Å². The molecule has 0 saturated heterocycles. The molecular weight excluding hydrogens is 362 g/mol. The maximum atomic E-state index is 13.3. The van der Waals surface area contributed by atoms with E-state index in [1.807, 2.05) is 66.7 Å². The molecule has 0 aromatic heterocycles. The summed E-state index contributed by atoms with van der Waals surface area (Å²) >= 11 is 0. The van der Waals surface area contributed by atoms with Gasteiger partial charge in [-0.05, 0) is 33.9 Å². The molecule has 3 aromatic carbocycles. The van der Waals surface area contributed by atoms with E-state index in [9.17, 15) is 4.79 Å².